The standard InChI is InChI=1S/C36H26N2O3/c39-35-33-31-26-15-4-5-16-27(26)32(29-18-7-6-17-28(29)31)34(33)36(40)38(35)37-20-23-11-2-8-19-30(23)41-21-24-13-9-12-22-10-1-3-14-25(22)24/h1-20,31-34H,21H2/b37-20-/t31?,32?,33-,34-/m1/s1. The first-order valence-corrected chi connectivity index (χ1v) is 14.0. The molecule has 2 bridgehead atoms. The topological polar surface area (TPSA) is 59.0 Å². The van der Waals surface area contributed by atoms with Crippen molar-refractivity contribution in [3.05, 3.63) is 149 Å². The number of amides is 2. The molecule has 9 rings (SSSR count). The number of hydrazone groups is 1. The van der Waals surface area contributed by atoms with Crippen molar-refractivity contribution in [3.8, 4) is 5.75 Å². The zero-order valence-electron chi connectivity index (χ0n) is 22.2. The fourth-order valence-corrected chi connectivity index (χ4v) is 7.19. The summed E-state index contributed by atoms with van der Waals surface area (Å²) >= 11 is 0. The minimum atomic E-state index is -0.452. The Bertz CT molecular complexity index is 1770. The summed E-state index contributed by atoms with van der Waals surface area (Å²) < 4.78 is 6.24. The van der Waals surface area contributed by atoms with Crippen LogP contribution >= 0.6 is 0 Å². The lowest BCUT2D eigenvalue weighted by molar-refractivity contribution is -0.139. The summed E-state index contributed by atoms with van der Waals surface area (Å²) in [6.07, 6.45) is 1.58. The maximum atomic E-state index is 13.9. The smallest absolute Gasteiger partial charge is 0.254 e. The molecular weight excluding hydrogens is 508 g/mol. The van der Waals surface area contributed by atoms with Crippen LogP contribution in [0.4, 0.5) is 0 Å². The molecule has 0 aromatic heterocycles. The second-order valence-corrected chi connectivity index (χ2v) is 11.0. The van der Waals surface area contributed by atoms with E-state index in [1.54, 1.807) is 6.21 Å². The van der Waals surface area contributed by atoms with Gasteiger partial charge in [0.05, 0.1) is 18.1 Å². The van der Waals surface area contributed by atoms with Gasteiger partial charge in [0.2, 0.25) is 0 Å². The predicted octanol–water partition coefficient (Wildman–Crippen LogP) is 6.64. The van der Waals surface area contributed by atoms with E-state index in [1.807, 2.05) is 66.7 Å². The summed E-state index contributed by atoms with van der Waals surface area (Å²) in [4.78, 5) is 27.7. The minimum Gasteiger partial charge on any atom is -0.488 e. The van der Waals surface area contributed by atoms with Gasteiger partial charge in [-0.25, -0.2) is 0 Å². The largest absolute Gasteiger partial charge is 0.488 e. The fraction of sp³-hybridized carbons (Fsp3) is 0.139. The molecule has 2 atom stereocenters. The van der Waals surface area contributed by atoms with E-state index < -0.39 is 11.8 Å². The maximum Gasteiger partial charge on any atom is 0.254 e. The Morgan fingerprint density at radius 1 is 0.634 bits per heavy atom. The second-order valence-electron chi connectivity index (χ2n) is 11.0. The summed E-state index contributed by atoms with van der Waals surface area (Å²) in [5.41, 5.74) is 6.39. The minimum absolute atomic E-state index is 0.148. The third-order valence-corrected chi connectivity index (χ3v) is 8.92. The molecule has 41 heavy (non-hydrogen) atoms. The van der Waals surface area contributed by atoms with Crippen LogP contribution in [0.2, 0.25) is 0 Å². The van der Waals surface area contributed by atoms with E-state index in [0.29, 0.717) is 17.9 Å². The SMILES string of the molecule is O=C1[C@@H]2C3c4ccccc4C(c4ccccc43)[C@H]2C(=O)N1/N=C\c1ccccc1OCc1cccc2ccccc12. The highest BCUT2D eigenvalue weighted by Gasteiger charge is 2.61. The first-order valence-electron chi connectivity index (χ1n) is 14.0. The molecule has 3 aliphatic carbocycles. The molecule has 1 fully saturated rings. The highest BCUT2D eigenvalue weighted by atomic mass is 16.5. The lowest BCUT2D eigenvalue weighted by Gasteiger charge is -2.45. The monoisotopic (exact) mass is 534 g/mol. The van der Waals surface area contributed by atoms with Crippen LogP contribution in [0.3, 0.4) is 0 Å². The second kappa shape index (κ2) is 9.27. The van der Waals surface area contributed by atoms with Crippen molar-refractivity contribution in [1.82, 2.24) is 5.01 Å². The highest BCUT2D eigenvalue weighted by molar-refractivity contribution is 6.08. The van der Waals surface area contributed by atoms with Crippen LogP contribution in [0.1, 0.15) is 45.2 Å². The number of nitrogens with zero attached hydrogens (tertiary/aromatic N) is 2. The van der Waals surface area contributed by atoms with Gasteiger partial charge < -0.3 is 4.74 Å². The van der Waals surface area contributed by atoms with Crippen molar-refractivity contribution >= 4 is 28.8 Å². The molecule has 5 heteroatoms. The summed E-state index contributed by atoms with van der Waals surface area (Å²) in [5.74, 6) is -1.02. The van der Waals surface area contributed by atoms with Crippen molar-refractivity contribution < 1.29 is 14.3 Å². The number of carbonyl (C=O) groups is 2. The average Bonchev–Trinajstić information content (AvgIpc) is 3.28. The van der Waals surface area contributed by atoms with Gasteiger partial charge in [0.15, 0.2) is 0 Å². The van der Waals surface area contributed by atoms with Crippen molar-refractivity contribution in [2.75, 3.05) is 0 Å². The number of benzene rings is 5. The molecule has 0 spiro atoms. The van der Waals surface area contributed by atoms with Crippen LogP contribution in [0, 0.1) is 11.8 Å². The first kappa shape index (κ1) is 23.8. The Kier molecular flexibility index (Phi) is 5.39. The molecule has 0 unspecified atom stereocenters. The van der Waals surface area contributed by atoms with Gasteiger partial charge in [-0.2, -0.15) is 10.1 Å². The van der Waals surface area contributed by atoms with Crippen LogP contribution < -0.4 is 4.74 Å². The van der Waals surface area contributed by atoms with Gasteiger partial charge in [0.25, 0.3) is 11.8 Å². The first-order chi connectivity index (χ1) is 20.2. The van der Waals surface area contributed by atoms with Gasteiger partial charge >= 0.3 is 0 Å². The molecule has 1 heterocycles. The number of hydrogen-bond donors (Lipinski definition) is 0. The lowest BCUT2D eigenvalue weighted by Crippen LogP contribution is -2.41. The Hall–Kier alpha value is -5.03. The summed E-state index contributed by atoms with van der Waals surface area (Å²) in [6, 6.07) is 38.5. The molecule has 0 radical (unpaired) electrons. The average molecular weight is 535 g/mol. The number of ether oxygens (including phenoxy) is 1. The zero-order valence-corrected chi connectivity index (χ0v) is 22.2. The van der Waals surface area contributed by atoms with Crippen molar-refractivity contribution in [2.45, 2.75) is 18.4 Å². The van der Waals surface area contributed by atoms with Crippen LogP contribution in [0.15, 0.2) is 120 Å². The number of hydrogen-bond acceptors (Lipinski definition) is 4. The van der Waals surface area contributed by atoms with E-state index in [-0.39, 0.29) is 23.7 Å². The maximum absolute atomic E-state index is 13.9. The van der Waals surface area contributed by atoms with Gasteiger partial charge in [0, 0.05) is 17.4 Å². The molecular formula is C36H26N2O3. The summed E-state index contributed by atoms with van der Waals surface area (Å²) in [6.45, 7) is 0.387. The predicted molar refractivity (Wildman–Crippen MR) is 158 cm³/mol. The van der Waals surface area contributed by atoms with Crippen LogP contribution in [-0.2, 0) is 16.2 Å². The Balaban J connectivity index is 1.10. The van der Waals surface area contributed by atoms with Gasteiger partial charge in [-0.15, -0.1) is 0 Å². The van der Waals surface area contributed by atoms with Crippen LogP contribution in [0.5, 0.6) is 5.75 Å². The fourth-order valence-electron chi connectivity index (χ4n) is 7.19. The number of fused-ring (bicyclic) bond motifs is 1. The summed E-state index contributed by atoms with van der Waals surface area (Å²) in [7, 11) is 0. The van der Waals surface area contributed by atoms with Crippen LogP contribution in [0.25, 0.3) is 10.8 Å². The molecule has 5 nitrogen and oxygen atoms in total. The zero-order chi connectivity index (χ0) is 27.5. The van der Waals surface area contributed by atoms with Gasteiger partial charge in [-0.1, -0.05) is 103 Å². The van der Waals surface area contributed by atoms with Crippen molar-refractivity contribution in [1.29, 1.82) is 0 Å². The Labute approximate surface area is 237 Å². The molecule has 198 valence electrons. The molecule has 5 aromatic rings. The van der Waals surface area contributed by atoms with Gasteiger partial charge in [0.1, 0.15) is 12.4 Å². The molecule has 0 N–H and O–H groups in total. The van der Waals surface area contributed by atoms with Gasteiger partial charge in [-0.05, 0) is 50.7 Å². The molecule has 0 saturated carbocycles. The molecule has 5 aromatic carbocycles. The molecule has 4 aliphatic rings. The highest BCUT2D eigenvalue weighted by Crippen LogP contribution is 2.60. The number of rotatable bonds is 5. The quantitative estimate of drug-likeness (QED) is 0.188. The normalized spacial score (nSPS) is 22.2. The molecule has 1 saturated heterocycles. The number of imide groups is 1. The third-order valence-electron chi connectivity index (χ3n) is 8.92. The Morgan fingerprint density at radius 3 is 1.83 bits per heavy atom. The van der Waals surface area contributed by atoms with Gasteiger partial charge in [-0.3, -0.25) is 9.59 Å². The van der Waals surface area contributed by atoms with E-state index in [0.717, 1.165) is 43.6 Å². The van der Waals surface area contributed by atoms with E-state index in [1.165, 1.54) is 0 Å². The van der Waals surface area contributed by atoms with E-state index >= 15 is 0 Å². The van der Waals surface area contributed by atoms with Crippen molar-refractivity contribution in [2.24, 2.45) is 16.9 Å². The van der Waals surface area contributed by atoms with E-state index in [2.05, 4.69) is 53.6 Å². The Morgan fingerprint density at radius 2 is 1.17 bits per heavy atom. The van der Waals surface area contributed by atoms with E-state index in [9.17, 15) is 9.59 Å². The third kappa shape index (κ3) is 3.59. The van der Waals surface area contributed by atoms with Crippen LogP contribution in [-0.4, -0.2) is 23.0 Å². The molecule has 1 aliphatic heterocycles. The van der Waals surface area contributed by atoms with Crippen molar-refractivity contribution in [3.63, 3.8) is 0 Å². The molecule has 2 amide bonds. The number of carbonyl (C=O) groups excluding carboxylic acids is 2. The lowest BCUT2D eigenvalue weighted by atomic mass is 9.55. The summed E-state index contributed by atoms with van der Waals surface area (Å²) in [5, 5.41) is 7.91. The van der Waals surface area contributed by atoms with E-state index in [4.69, 9.17) is 4.74 Å². The number of para-hydroxylation sites is 1.